The highest BCUT2D eigenvalue weighted by molar-refractivity contribution is 5.54. The number of hydrogen-bond donors (Lipinski definition) is 2. The minimum atomic E-state index is -0.624. The Hall–Kier alpha value is -1.22. The number of phenolic OH excluding ortho intramolecular Hbond substituents is 1. The molecule has 0 radical (unpaired) electrons. The number of aliphatic hydroxyl groups excluding tert-OH is 1. The zero-order valence-electron chi connectivity index (χ0n) is 10.6. The zero-order valence-corrected chi connectivity index (χ0v) is 10.6. The molecule has 3 heteroatoms. The first-order valence-electron chi connectivity index (χ1n) is 6.33. The van der Waals surface area contributed by atoms with Crippen molar-refractivity contribution in [1.82, 2.24) is 0 Å². The number of aromatic hydroxyl groups is 1. The summed E-state index contributed by atoms with van der Waals surface area (Å²) >= 11 is 0. The lowest BCUT2D eigenvalue weighted by molar-refractivity contribution is 0.195. The minimum absolute atomic E-state index is 0.183. The van der Waals surface area contributed by atoms with Crippen LogP contribution in [-0.4, -0.2) is 23.3 Å². The first kappa shape index (κ1) is 12.2. The van der Waals surface area contributed by atoms with E-state index in [1.807, 2.05) is 6.07 Å². The van der Waals surface area contributed by atoms with E-state index < -0.39 is 6.10 Å². The van der Waals surface area contributed by atoms with Crippen molar-refractivity contribution >= 4 is 5.69 Å². The molecule has 0 aromatic heterocycles. The van der Waals surface area contributed by atoms with Crippen molar-refractivity contribution in [2.75, 3.05) is 11.9 Å². The van der Waals surface area contributed by atoms with Gasteiger partial charge in [0.2, 0.25) is 0 Å². The third-order valence-electron chi connectivity index (χ3n) is 3.74. The number of benzene rings is 1. The van der Waals surface area contributed by atoms with E-state index in [0.717, 1.165) is 5.69 Å². The van der Waals surface area contributed by atoms with Crippen molar-refractivity contribution in [2.45, 2.75) is 44.8 Å². The maximum atomic E-state index is 9.87. The van der Waals surface area contributed by atoms with Gasteiger partial charge in [0.25, 0.3) is 0 Å². The number of nitrogens with zero attached hydrogens (tertiary/aromatic N) is 1. The topological polar surface area (TPSA) is 43.7 Å². The zero-order chi connectivity index (χ0) is 12.4. The molecule has 2 rings (SSSR count). The van der Waals surface area contributed by atoms with E-state index in [0.29, 0.717) is 11.6 Å². The molecule has 1 aliphatic carbocycles. The van der Waals surface area contributed by atoms with Gasteiger partial charge in [-0.05, 0) is 25.8 Å². The predicted molar refractivity (Wildman–Crippen MR) is 69.4 cm³/mol. The third kappa shape index (κ3) is 2.55. The molecule has 1 aromatic carbocycles. The van der Waals surface area contributed by atoms with Gasteiger partial charge in [-0.25, -0.2) is 0 Å². The Morgan fingerprint density at radius 2 is 1.94 bits per heavy atom. The second kappa shape index (κ2) is 4.96. The van der Waals surface area contributed by atoms with Crippen LogP contribution in [0.25, 0.3) is 0 Å². The van der Waals surface area contributed by atoms with E-state index >= 15 is 0 Å². The second-order valence-electron chi connectivity index (χ2n) is 4.97. The van der Waals surface area contributed by atoms with Crippen LogP contribution in [0.2, 0.25) is 0 Å². The molecule has 1 aromatic rings. The summed E-state index contributed by atoms with van der Waals surface area (Å²) in [5, 5.41) is 19.3. The molecule has 1 saturated carbocycles. The Labute approximate surface area is 103 Å². The maximum Gasteiger partial charge on any atom is 0.123 e. The molecule has 0 heterocycles. The van der Waals surface area contributed by atoms with Crippen molar-refractivity contribution in [2.24, 2.45) is 0 Å². The van der Waals surface area contributed by atoms with Crippen LogP contribution < -0.4 is 4.90 Å². The number of phenols is 1. The molecule has 3 nitrogen and oxygen atoms in total. The molecular formula is C14H21NO2. The van der Waals surface area contributed by atoms with Gasteiger partial charge in [0, 0.05) is 30.4 Å². The minimum Gasteiger partial charge on any atom is -0.507 e. The first-order chi connectivity index (χ1) is 8.09. The second-order valence-corrected chi connectivity index (χ2v) is 4.97. The Morgan fingerprint density at radius 1 is 1.29 bits per heavy atom. The molecule has 0 bridgehead atoms. The van der Waals surface area contributed by atoms with Gasteiger partial charge in [-0.1, -0.05) is 18.9 Å². The van der Waals surface area contributed by atoms with Crippen LogP contribution in [0.1, 0.15) is 44.3 Å². The van der Waals surface area contributed by atoms with Gasteiger partial charge >= 0.3 is 0 Å². The van der Waals surface area contributed by atoms with Gasteiger partial charge in [0.15, 0.2) is 0 Å². The summed E-state index contributed by atoms with van der Waals surface area (Å²) in [6, 6.07) is 6.12. The van der Waals surface area contributed by atoms with Gasteiger partial charge in [0.1, 0.15) is 5.75 Å². The molecular weight excluding hydrogens is 214 g/mol. The van der Waals surface area contributed by atoms with E-state index in [1.54, 1.807) is 19.1 Å². The maximum absolute atomic E-state index is 9.87. The van der Waals surface area contributed by atoms with E-state index in [4.69, 9.17) is 0 Å². The number of hydrogen-bond acceptors (Lipinski definition) is 3. The molecule has 1 aliphatic rings. The van der Waals surface area contributed by atoms with Crippen LogP contribution >= 0.6 is 0 Å². The van der Waals surface area contributed by atoms with Crippen LogP contribution in [0.4, 0.5) is 5.69 Å². The van der Waals surface area contributed by atoms with Crippen molar-refractivity contribution in [3.8, 4) is 5.75 Å². The summed E-state index contributed by atoms with van der Waals surface area (Å²) in [5.41, 5.74) is 1.62. The molecule has 0 aliphatic heterocycles. The number of rotatable bonds is 3. The van der Waals surface area contributed by atoms with Gasteiger partial charge in [-0.3, -0.25) is 0 Å². The molecule has 94 valence electrons. The highest BCUT2D eigenvalue weighted by Gasteiger charge is 2.20. The normalized spacial score (nSPS) is 18.3. The third-order valence-corrected chi connectivity index (χ3v) is 3.74. The van der Waals surface area contributed by atoms with Crippen LogP contribution in [-0.2, 0) is 0 Å². The van der Waals surface area contributed by atoms with Crippen molar-refractivity contribution in [1.29, 1.82) is 0 Å². The summed E-state index contributed by atoms with van der Waals surface area (Å²) in [7, 11) is 2.08. The van der Waals surface area contributed by atoms with Crippen molar-refractivity contribution < 1.29 is 10.2 Å². The fraction of sp³-hybridized carbons (Fsp3) is 0.571. The molecule has 0 amide bonds. The molecule has 17 heavy (non-hydrogen) atoms. The predicted octanol–water partition coefficient (Wildman–Crippen LogP) is 2.82. The summed E-state index contributed by atoms with van der Waals surface area (Å²) in [6.45, 7) is 1.66. The molecule has 1 atom stereocenters. The molecule has 2 N–H and O–H groups in total. The van der Waals surface area contributed by atoms with Crippen molar-refractivity contribution in [3.63, 3.8) is 0 Å². The lowest BCUT2D eigenvalue weighted by Gasteiger charge is -2.27. The van der Waals surface area contributed by atoms with Gasteiger partial charge in [-0.2, -0.15) is 0 Å². The lowest BCUT2D eigenvalue weighted by Crippen LogP contribution is -2.28. The standard InChI is InChI=1S/C14H21NO2/c1-10(16)13-8-7-12(9-14(13)17)15(2)11-5-3-4-6-11/h7-11,16-17H,3-6H2,1-2H3. The van der Waals surface area contributed by atoms with Gasteiger partial charge < -0.3 is 15.1 Å². The summed E-state index contributed by atoms with van der Waals surface area (Å²) in [5.74, 6) is 0.183. The van der Waals surface area contributed by atoms with Crippen LogP contribution in [0.5, 0.6) is 5.75 Å². The Balaban J connectivity index is 2.18. The van der Waals surface area contributed by atoms with Crippen LogP contribution in [0, 0.1) is 0 Å². The largest absolute Gasteiger partial charge is 0.507 e. The SMILES string of the molecule is CC(O)c1ccc(N(C)C2CCCC2)cc1O. The monoisotopic (exact) mass is 235 g/mol. The van der Waals surface area contributed by atoms with Crippen LogP contribution in [0.3, 0.4) is 0 Å². The summed E-state index contributed by atoms with van der Waals surface area (Å²) in [6.07, 6.45) is 4.44. The smallest absolute Gasteiger partial charge is 0.123 e. The molecule has 0 saturated heterocycles. The highest BCUT2D eigenvalue weighted by atomic mass is 16.3. The van der Waals surface area contributed by atoms with Crippen molar-refractivity contribution in [3.05, 3.63) is 23.8 Å². The fourth-order valence-electron chi connectivity index (χ4n) is 2.61. The van der Waals surface area contributed by atoms with E-state index in [-0.39, 0.29) is 5.75 Å². The van der Waals surface area contributed by atoms with E-state index in [2.05, 4.69) is 11.9 Å². The fourth-order valence-corrected chi connectivity index (χ4v) is 2.61. The average Bonchev–Trinajstić information content (AvgIpc) is 2.80. The Morgan fingerprint density at radius 3 is 2.47 bits per heavy atom. The quantitative estimate of drug-likeness (QED) is 0.846. The van der Waals surface area contributed by atoms with Gasteiger partial charge in [-0.15, -0.1) is 0 Å². The van der Waals surface area contributed by atoms with Gasteiger partial charge in [0.05, 0.1) is 6.10 Å². The van der Waals surface area contributed by atoms with E-state index in [1.165, 1.54) is 25.7 Å². The Kier molecular flexibility index (Phi) is 3.57. The summed E-state index contributed by atoms with van der Waals surface area (Å²) in [4.78, 5) is 2.23. The van der Waals surface area contributed by atoms with Crippen LogP contribution in [0.15, 0.2) is 18.2 Å². The molecule has 1 unspecified atom stereocenters. The number of aliphatic hydroxyl groups is 1. The number of anilines is 1. The molecule has 0 spiro atoms. The molecule has 1 fully saturated rings. The first-order valence-corrected chi connectivity index (χ1v) is 6.33. The highest BCUT2D eigenvalue weighted by Crippen LogP contribution is 2.32. The van der Waals surface area contributed by atoms with E-state index in [9.17, 15) is 10.2 Å². The Bertz CT molecular complexity index is 384. The summed E-state index contributed by atoms with van der Waals surface area (Å²) < 4.78 is 0. The lowest BCUT2D eigenvalue weighted by atomic mass is 10.1. The average molecular weight is 235 g/mol.